The van der Waals surface area contributed by atoms with Gasteiger partial charge in [-0.15, -0.1) is 0 Å². The Morgan fingerprint density at radius 2 is 1.85 bits per heavy atom. The lowest BCUT2D eigenvalue weighted by molar-refractivity contribution is 0.0963. The Labute approximate surface area is 115 Å². The minimum absolute atomic E-state index is 0.265. The minimum atomic E-state index is -0.908. The van der Waals surface area contributed by atoms with Crippen LogP contribution in [0.3, 0.4) is 0 Å². The Hall–Kier alpha value is -2.11. The van der Waals surface area contributed by atoms with Crippen molar-refractivity contribution in [1.29, 1.82) is 0 Å². The first-order valence-electron chi connectivity index (χ1n) is 6.46. The highest BCUT2D eigenvalue weighted by atomic mass is 19.1. The zero-order valence-corrected chi connectivity index (χ0v) is 10.8. The van der Waals surface area contributed by atoms with E-state index in [1.165, 1.54) is 18.3 Å². The molecule has 1 N–H and O–H groups in total. The van der Waals surface area contributed by atoms with E-state index in [4.69, 9.17) is 0 Å². The van der Waals surface area contributed by atoms with Gasteiger partial charge in [0.25, 0.3) is 0 Å². The van der Waals surface area contributed by atoms with Crippen molar-refractivity contribution in [2.75, 3.05) is 11.9 Å². The molecule has 0 aromatic carbocycles. The smallest absolute Gasteiger partial charge is 0.222 e. The lowest BCUT2D eigenvalue weighted by Gasteiger charge is -2.43. The summed E-state index contributed by atoms with van der Waals surface area (Å²) in [5, 5.41) is 3.04. The van der Waals surface area contributed by atoms with E-state index in [-0.39, 0.29) is 12.8 Å². The fraction of sp³-hybridized carbons (Fsp3) is 0.357. The predicted octanol–water partition coefficient (Wildman–Crippen LogP) is 2.49. The summed E-state index contributed by atoms with van der Waals surface area (Å²) in [5.74, 6) is 0.0562. The van der Waals surface area contributed by atoms with Gasteiger partial charge in [0.1, 0.15) is 12.0 Å². The molecular formula is C14H14F2N4. The van der Waals surface area contributed by atoms with E-state index in [1.54, 1.807) is 18.5 Å². The topological polar surface area (TPSA) is 50.7 Å². The normalized spacial score (nSPS) is 25.0. The summed E-state index contributed by atoms with van der Waals surface area (Å²) in [7, 11) is 0. The molecule has 2 aromatic rings. The SMILES string of the molecule is Fc1cccnc1C1(CNc2ncccn2)CC(F)C1. The molecule has 2 aromatic heterocycles. The van der Waals surface area contributed by atoms with Crippen molar-refractivity contribution in [2.24, 2.45) is 0 Å². The zero-order valence-electron chi connectivity index (χ0n) is 10.8. The highest BCUT2D eigenvalue weighted by Crippen LogP contribution is 2.45. The second-order valence-electron chi connectivity index (χ2n) is 5.05. The second-order valence-corrected chi connectivity index (χ2v) is 5.05. The molecule has 4 nitrogen and oxygen atoms in total. The number of nitrogens with one attached hydrogen (secondary N) is 1. The molecule has 2 heterocycles. The largest absolute Gasteiger partial charge is 0.353 e. The zero-order chi connectivity index (χ0) is 14.0. The third-order valence-electron chi connectivity index (χ3n) is 3.64. The van der Waals surface area contributed by atoms with Crippen LogP contribution in [0.15, 0.2) is 36.8 Å². The first-order valence-corrected chi connectivity index (χ1v) is 6.46. The lowest BCUT2D eigenvalue weighted by Crippen LogP contribution is -2.49. The molecule has 1 aliphatic carbocycles. The quantitative estimate of drug-likeness (QED) is 0.932. The first-order chi connectivity index (χ1) is 9.70. The van der Waals surface area contributed by atoms with E-state index in [0.717, 1.165) is 0 Å². The third-order valence-corrected chi connectivity index (χ3v) is 3.64. The molecule has 104 valence electrons. The third kappa shape index (κ3) is 2.33. The fourth-order valence-electron chi connectivity index (χ4n) is 2.62. The van der Waals surface area contributed by atoms with Gasteiger partial charge >= 0.3 is 0 Å². The maximum absolute atomic E-state index is 13.9. The van der Waals surface area contributed by atoms with E-state index in [1.807, 2.05) is 0 Å². The van der Waals surface area contributed by atoms with Crippen LogP contribution in [0, 0.1) is 5.82 Å². The minimum Gasteiger partial charge on any atom is -0.353 e. The molecule has 0 saturated heterocycles. The highest BCUT2D eigenvalue weighted by molar-refractivity contribution is 5.31. The maximum atomic E-state index is 13.9. The summed E-state index contributed by atoms with van der Waals surface area (Å²) in [6.45, 7) is 0.366. The van der Waals surface area contributed by atoms with E-state index in [0.29, 0.717) is 18.2 Å². The Bertz CT molecular complexity index is 585. The average molecular weight is 276 g/mol. The Balaban J connectivity index is 1.81. The summed E-state index contributed by atoms with van der Waals surface area (Å²) in [6.07, 6.45) is 4.38. The molecule has 0 amide bonds. The van der Waals surface area contributed by atoms with E-state index in [9.17, 15) is 8.78 Å². The molecule has 0 unspecified atom stereocenters. The molecule has 6 heteroatoms. The molecule has 0 atom stereocenters. The van der Waals surface area contributed by atoms with Crippen molar-refractivity contribution < 1.29 is 8.78 Å². The van der Waals surface area contributed by atoms with Gasteiger partial charge in [-0.2, -0.15) is 0 Å². The van der Waals surface area contributed by atoms with Gasteiger partial charge in [0, 0.05) is 30.6 Å². The average Bonchev–Trinajstić information content (AvgIpc) is 2.44. The molecule has 20 heavy (non-hydrogen) atoms. The molecule has 3 rings (SSSR count). The Morgan fingerprint density at radius 1 is 1.15 bits per heavy atom. The van der Waals surface area contributed by atoms with E-state index in [2.05, 4.69) is 20.3 Å². The highest BCUT2D eigenvalue weighted by Gasteiger charge is 2.48. The van der Waals surface area contributed by atoms with Crippen LogP contribution in [0.1, 0.15) is 18.5 Å². The number of aromatic nitrogens is 3. The summed E-state index contributed by atoms with van der Waals surface area (Å²) >= 11 is 0. The number of hydrogen-bond donors (Lipinski definition) is 1. The molecular weight excluding hydrogens is 262 g/mol. The van der Waals surface area contributed by atoms with Gasteiger partial charge in [0.2, 0.25) is 5.95 Å². The lowest BCUT2D eigenvalue weighted by atomic mass is 9.65. The number of anilines is 1. The Kier molecular flexibility index (Phi) is 3.30. The van der Waals surface area contributed by atoms with Gasteiger partial charge in [0.05, 0.1) is 5.69 Å². The van der Waals surface area contributed by atoms with Crippen molar-refractivity contribution >= 4 is 5.95 Å². The number of hydrogen-bond acceptors (Lipinski definition) is 4. The van der Waals surface area contributed by atoms with Crippen molar-refractivity contribution in [3.8, 4) is 0 Å². The predicted molar refractivity (Wildman–Crippen MR) is 70.5 cm³/mol. The molecule has 1 aliphatic rings. The van der Waals surface area contributed by atoms with Crippen molar-refractivity contribution in [3.63, 3.8) is 0 Å². The molecule has 1 saturated carbocycles. The number of nitrogens with zero attached hydrogens (tertiary/aromatic N) is 3. The van der Waals surface area contributed by atoms with Gasteiger partial charge in [0.15, 0.2) is 0 Å². The van der Waals surface area contributed by atoms with Gasteiger partial charge in [-0.3, -0.25) is 4.98 Å². The number of pyridine rings is 1. The van der Waals surface area contributed by atoms with Crippen molar-refractivity contribution in [1.82, 2.24) is 15.0 Å². The van der Waals surface area contributed by atoms with E-state index < -0.39 is 17.4 Å². The summed E-state index contributed by atoms with van der Waals surface area (Å²) < 4.78 is 27.3. The molecule has 1 fully saturated rings. The van der Waals surface area contributed by atoms with Crippen LogP contribution in [0.5, 0.6) is 0 Å². The fourth-order valence-corrected chi connectivity index (χ4v) is 2.62. The van der Waals surface area contributed by atoms with Crippen molar-refractivity contribution in [2.45, 2.75) is 24.4 Å². The second kappa shape index (κ2) is 5.11. The summed E-state index contributed by atoms with van der Waals surface area (Å²) in [5.41, 5.74) is -0.304. The van der Waals surface area contributed by atoms with Crippen LogP contribution in [0.25, 0.3) is 0 Å². The van der Waals surface area contributed by atoms with Gasteiger partial charge in [-0.05, 0) is 31.0 Å². The number of rotatable bonds is 4. The molecule has 0 radical (unpaired) electrons. The van der Waals surface area contributed by atoms with Crippen LogP contribution >= 0.6 is 0 Å². The number of halogens is 2. The van der Waals surface area contributed by atoms with Crippen LogP contribution in [-0.4, -0.2) is 27.7 Å². The summed E-state index contributed by atoms with van der Waals surface area (Å²) in [4.78, 5) is 12.2. The standard InChI is InChI=1S/C14H14F2N4/c15-10-7-14(8-10,12-11(16)3-1-4-17-12)9-20-13-18-5-2-6-19-13/h1-6,10H,7-9H2,(H,18,19,20). The number of alkyl halides is 1. The van der Waals surface area contributed by atoms with Crippen LogP contribution in [0.4, 0.5) is 14.7 Å². The van der Waals surface area contributed by atoms with Gasteiger partial charge in [-0.1, -0.05) is 0 Å². The monoisotopic (exact) mass is 276 g/mol. The first kappa shape index (κ1) is 12.9. The van der Waals surface area contributed by atoms with Crippen LogP contribution in [-0.2, 0) is 5.41 Å². The van der Waals surface area contributed by atoms with Gasteiger partial charge < -0.3 is 5.32 Å². The molecule has 0 aliphatic heterocycles. The van der Waals surface area contributed by atoms with Crippen molar-refractivity contribution in [3.05, 3.63) is 48.3 Å². The van der Waals surface area contributed by atoms with E-state index >= 15 is 0 Å². The van der Waals surface area contributed by atoms with Gasteiger partial charge in [-0.25, -0.2) is 18.7 Å². The molecule has 0 spiro atoms. The van der Waals surface area contributed by atoms with Crippen LogP contribution in [0.2, 0.25) is 0 Å². The maximum Gasteiger partial charge on any atom is 0.222 e. The summed E-state index contributed by atoms with van der Waals surface area (Å²) in [6, 6.07) is 4.60. The van der Waals surface area contributed by atoms with Crippen LogP contribution < -0.4 is 5.32 Å². The molecule has 0 bridgehead atoms. The Morgan fingerprint density at radius 3 is 2.50 bits per heavy atom.